The van der Waals surface area contributed by atoms with Gasteiger partial charge in [0.2, 0.25) is 11.8 Å². The van der Waals surface area contributed by atoms with Crippen LogP contribution in [0.1, 0.15) is 49.0 Å². The molecule has 1 fully saturated rings. The maximum Gasteiger partial charge on any atom is 0.240 e. The van der Waals surface area contributed by atoms with Crippen molar-refractivity contribution in [3.05, 3.63) is 21.9 Å². The summed E-state index contributed by atoms with van der Waals surface area (Å²) in [5.41, 5.74) is 4.58. The predicted molar refractivity (Wildman–Crippen MR) is 95.5 cm³/mol. The monoisotopic (exact) mass is 361 g/mol. The number of amides is 2. The minimum absolute atomic E-state index is 0.0447. The van der Waals surface area contributed by atoms with Crippen molar-refractivity contribution < 1.29 is 14.3 Å². The number of thiophene rings is 1. The summed E-state index contributed by atoms with van der Waals surface area (Å²) in [5, 5.41) is 6.20. The molecule has 0 bridgehead atoms. The average Bonchev–Trinajstić information content (AvgIpc) is 3.12. The highest BCUT2D eigenvalue weighted by Crippen LogP contribution is 2.43. The van der Waals surface area contributed by atoms with Crippen molar-refractivity contribution in [2.75, 3.05) is 19.7 Å². The fraction of sp³-hybridized carbons (Fsp3) is 0.611. The van der Waals surface area contributed by atoms with E-state index in [2.05, 4.69) is 22.0 Å². The molecule has 4 rings (SSSR count). The Bertz CT molecular complexity index is 704. The van der Waals surface area contributed by atoms with Crippen LogP contribution in [0.2, 0.25) is 0 Å². The zero-order valence-electron chi connectivity index (χ0n) is 14.3. The molecule has 0 aliphatic carbocycles. The molecule has 0 aromatic carbocycles. The van der Waals surface area contributed by atoms with Crippen molar-refractivity contribution in [1.82, 2.24) is 10.3 Å². The van der Waals surface area contributed by atoms with Gasteiger partial charge in [-0.3, -0.25) is 9.59 Å². The Morgan fingerprint density at radius 1 is 1.32 bits per heavy atom. The molecule has 1 spiro atoms. The largest absolute Gasteiger partial charge is 0.370 e. The molecule has 3 aliphatic rings. The topological polar surface area (TPSA) is 71.0 Å². The van der Waals surface area contributed by atoms with Crippen LogP contribution in [-0.2, 0) is 26.3 Å². The Labute approximate surface area is 151 Å². The number of nitrogens with one attached hydrogen (secondary N) is 1. The molecule has 1 aromatic rings. The van der Waals surface area contributed by atoms with E-state index in [1.165, 1.54) is 10.4 Å². The summed E-state index contributed by atoms with van der Waals surface area (Å²) in [6.45, 7) is 2.28. The fourth-order valence-electron chi connectivity index (χ4n) is 3.99. The number of carbonyl (C=O) groups is 2. The molecule has 0 atom stereocenters. The zero-order chi connectivity index (χ0) is 17.3. The molecule has 25 heavy (non-hydrogen) atoms. The number of likely N-dealkylation sites (tertiary alicyclic amines) is 1. The minimum Gasteiger partial charge on any atom is -0.370 e. The van der Waals surface area contributed by atoms with Gasteiger partial charge in [0, 0.05) is 42.9 Å². The van der Waals surface area contributed by atoms with E-state index in [4.69, 9.17) is 4.74 Å². The van der Waals surface area contributed by atoms with Crippen LogP contribution >= 0.6 is 11.3 Å². The highest BCUT2D eigenvalue weighted by atomic mass is 32.1. The van der Waals surface area contributed by atoms with E-state index in [0.717, 1.165) is 44.7 Å². The molecule has 6 nitrogen and oxygen atoms in total. The number of carbonyl (C=O) groups excluding carboxylic acids is 2. The Morgan fingerprint density at radius 2 is 2.16 bits per heavy atom. The summed E-state index contributed by atoms with van der Waals surface area (Å²) in [6, 6.07) is 2.20. The first-order chi connectivity index (χ1) is 12.2. The molecule has 4 heterocycles. The SMILES string of the molecule is O=C1CCC(CCC(=O)N2CCC3(CC2)OCCc2sccc23)=NN1. The van der Waals surface area contributed by atoms with Crippen LogP contribution in [0.4, 0.5) is 0 Å². The molecule has 1 saturated heterocycles. The van der Waals surface area contributed by atoms with Gasteiger partial charge >= 0.3 is 0 Å². The van der Waals surface area contributed by atoms with Crippen LogP contribution in [-0.4, -0.2) is 42.1 Å². The van der Waals surface area contributed by atoms with Gasteiger partial charge < -0.3 is 9.64 Å². The van der Waals surface area contributed by atoms with Gasteiger partial charge in [0.15, 0.2) is 0 Å². The summed E-state index contributed by atoms with van der Waals surface area (Å²) in [4.78, 5) is 27.0. The third-order valence-corrected chi connectivity index (χ3v) is 6.46. The van der Waals surface area contributed by atoms with Crippen molar-refractivity contribution in [2.24, 2.45) is 5.10 Å². The van der Waals surface area contributed by atoms with Gasteiger partial charge in [-0.15, -0.1) is 11.3 Å². The van der Waals surface area contributed by atoms with Crippen molar-refractivity contribution in [3.63, 3.8) is 0 Å². The lowest BCUT2D eigenvalue weighted by Gasteiger charge is -2.44. The van der Waals surface area contributed by atoms with Crippen molar-refractivity contribution in [3.8, 4) is 0 Å². The molecular formula is C18H23N3O3S. The number of hydrazone groups is 1. The van der Waals surface area contributed by atoms with E-state index in [-0.39, 0.29) is 17.4 Å². The van der Waals surface area contributed by atoms with Crippen molar-refractivity contribution in [2.45, 2.75) is 50.5 Å². The molecule has 0 saturated carbocycles. The second kappa shape index (κ2) is 6.88. The lowest BCUT2D eigenvalue weighted by Crippen LogP contribution is -2.48. The Hall–Kier alpha value is -1.73. The summed E-state index contributed by atoms with van der Waals surface area (Å²) in [6.07, 6.45) is 4.99. The summed E-state index contributed by atoms with van der Waals surface area (Å²) < 4.78 is 6.19. The van der Waals surface area contributed by atoms with Gasteiger partial charge in [0.1, 0.15) is 0 Å². The van der Waals surface area contributed by atoms with E-state index in [1.54, 1.807) is 0 Å². The number of hydrogen-bond donors (Lipinski definition) is 1. The van der Waals surface area contributed by atoms with Gasteiger partial charge in [-0.25, -0.2) is 5.43 Å². The maximum atomic E-state index is 12.5. The lowest BCUT2D eigenvalue weighted by atomic mass is 9.82. The second-order valence-electron chi connectivity index (χ2n) is 6.94. The normalized spacial score (nSPS) is 22.3. The number of rotatable bonds is 3. The highest BCUT2D eigenvalue weighted by molar-refractivity contribution is 7.10. The number of piperidine rings is 1. The summed E-state index contributed by atoms with van der Waals surface area (Å²) in [7, 11) is 0. The standard InChI is InChI=1S/C18H23N3O3S/c22-16-3-1-13(19-20-16)2-4-17(23)21-9-7-18(8-10-21)14-6-12-25-15(14)5-11-24-18/h6,12H,1-5,7-11H2,(H,20,22). The smallest absolute Gasteiger partial charge is 0.240 e. The first-order valence-electron chi connectivity index (χ1n) is 8.99. The Kier molecular flexibility index (Phi) is 4.60. The van der Waals surface area contributed by atoms with Gasteiger partial charge in [0.05, 0.1) is 12.2 Å². The first kappa shape index (κ1) is 16.7. The van der Waals surface area contributed by atoms with Crippen molar-refractivity contribution in [1.29, 1.82) is 0 Å². The molecule has 0 unspecified atom stereocenters. The zero-order valence-corrected chi connectivity index (χ0v) is 15.1. The Morgan fingerprint density at radius 3 is 2.92 bits per heavy atom. The number of nitrogens with zero attached hydrogens (tertiary/aromatic N) is 2. The van der Waals surface area contributed by atoms with Crippen LogP contribution < -0.4 is 5.43 Å². The second-order valence-corrected chi connectivity index (χ2v) is 7.94. The number of ether oxygens (including phenoxy) is 1. The van der Waals surface area contributed by atoms with Crippen LogP contribution in [0.3, 0.4) is 0 Å². The third kappa shape index (κ3) is 3.35. The van der Waals surface area contributed by atoms with Crippen LogP contribution in [0.25, 0.3) is 0 Å². The van der Waals surface area contributed by atoms with Crippen molar-refractivity contribution >= 4 is 28.9 Å². The van der Waals surface area contributed by atoms with Crippen LogP contribution in [0.5, 0.6) is 0 Å². The maximum absolute atomic E-state index is 12.5. The molecule has 1 N–H and O–H groups in total. The molecule has 134 valence electrons. The quantitative estimate of drug-likeness (QED) is 0.897. The number of hydrogen-bond acceptors (Lipinski definition) is 5. The van der Waals surface area contributed by atoms with E-state index >= 15 is 0 Å². The van der Waals surface area contributed by atoms with Crippen LogP contribution in [0, 0.1) is 0 Å². The molecule has 7 heteroatoms. The summed E-state index contributed by atoms with van der Waals surface area (Å²) in [5.74, 6) is 0.132. The fourth-order valence-corrected chi connectivity index (χ4v) is 4.94. The first-order valence-corrected chi connectivity index (χ1v) is 9.87. The van der Waals surface area contributed by atoms with Gasteiger partial charge in [0.25, 0.3) is 0 Å². The number of fused-ring (bicyclic) bond motifs is 2. The van der Waals surface area contributed by atoms with E-state index < -0.39 is 0 Å². The molecule has 0 radical (unpaired) electrons. The van der Waals surface area contributed by atoms with Gasteiger partial charge in [-0.05, 0) is 42.7 Å². The average molecular weight is 361 g/mol. The van der Waals surface area contributed by atoms with E-state index in [1.807, 2.05) is 16.2 Å². The third-order valence-electron chi connectivity index (χ3n) is 5.47. The highest BCUT2D eigenvalue weighted by Gasteiger charge is 2.42. The predicted octanol–water partition coefficient (Wildman–Crippen LogP) is 2.18. The van der Waals surface area contributed by atoms with Gasteiger partial charge in [-0.1, -0.05) is 0 Å². The summed E-state index contributed by atoms with van der Waals surface area (Å²) >= 11 is 1.82. The lowest BCUT2D eigenvalue weighted by molar-refractivity contribution is -0.140. The Balaban J connectivity index is 1.32. The minimum atomic E-state index is -0.178. The van der Waals surface area contributed by atoms with Gasteiger partial charge in [-0.2, -0.15) is 5.10 Å². The molecule has 3 aliphatic heterocycles. The van der Waals surface area contributed by atoms with E-state index in [0.29, 0.717) is 25.7 Å². The molecule has 1 aromatic heterocycles. The molecular weight excluding hydrogens is 338 g/mol. The molecule has 2 amide bonds. The van der Waals surface area contributed by atoms with E-state index in [9.17, 15) is 9.59 Å². The van der Waals surface area contributed by atoms with Crippen LogP contribution in [0.15, 0.2) is 16.5 Å².